The van der Waals surface area contributed by atoms with Crippen molar-refractivity contribution in [2.24, 2.45) is 5.14 Å². The molecule has 5 nitrogen and oxygen atoms in total. The number of amides is 1. The molecule has 3 rings (SSSR count). The average molecular weight is 387 g/mol. The topological polar surface area (TPSA) is 89.3 Å². The second-order valence-corrected chi connectivity index (χ2v) is 9.47. The van der Waals surface area contributed by atoms with Crippen LogP contribution in [0.1, 0.15) is 62.3 Å². The molecule has 0 heterocycles. The highest BCUT2D eigenvalue weighted by molar-refractivity contribution is 7.89. The highest BCUT2D eigenvalue weighted by atomic mass is 32.2. The van der Waals surface area contributed by atoms with Crippen molar-refractivity contribution >= 4 is 15.9 Å². The second-order valence-electron chi connectivity index (χ2n) is 7.91. The molecule has 0 fully saturated rings. The van der Waals surface area contributed by atoms with Crippen molar-refractivity contribution in [2.45, 2.75) is 55.9 Å². The van der Waals surface area contributed by atoms with E-state index in [0.29, 0.717) is 5.56 Å². The summed E-state index contributed by atoms with van der Waals surface area (Å²) >= 11 is 0. The Morgan fingerprint density at radius 3 is 2.59 bits per heavy atom. The van der Waals surface area contributed by atoms with E-state index in [2.05, 4.69) is 25.2 Å². The van der Waals surface area contributed by atoms with Gasteiger partial charge in [-0.1, -0.05) is 50.2 Å². The van der Waals surface area contributed by atoms with E-state index in [-0.39, 0.29) is 28.2 Å². The predicted molar refractivity (Wildman–Crippen MR) is 106 cm³/mol. The molecular weight excluding hydrogens is 360 g/mol. The minimum Gasteiger partial charge on any atom is -0.349 e. The van der Waals surface area contributed by atoms with Gasteiger partial charge in [-0.15, -0.1) is 0 Å². The lowest BCUT2D eigenvalue weighted by atomic mass is 9.68. The molecule has 144 valence electrons. The number of nitrogens with two attached hydrogens (primary N) is 1. The van der Waals surface area contributed by atoms with Crippen LogP contribution in [0.25, 0.3) is 0 Å². The molecule has 27 heavy (non-hydrogen) atoms. The molecule has 0 radical (unpaired) electrons. The van der Waals surface area contributed by atoms with E-state index in [4.69, 9.17) is 5.14 Å². The predicted octanol–water partition coefficient (Wildman–Crippen LogP) is 3.37. The maximum Gasteiger partial charge on any atom is 0.238 e. The van der Waals surface area contributed by atoms with Gasteiger partial charge in [0.15, 0.2) is 0 Å². The average Bonchev–Trinajstić information content (AvgIpc) is 2.61. The van der Waals surface area contributed by atoms with Gasteiger partial charge in [-0.2, -0.15) is 0 Å². The van der Waals surface area contributed by atoms with Crippen LogP contribution in [-0.2, 0) is 20.2 Å². The van der Waals surface area contributed by atoms with Gasteiger partial charge in [0.1, 0.15) is 0 Å². The third kappa shape index (κ3) is 4.06. The van der Waals surface area contributed by atoms with E-state index in [1.165, 1.54) is 17.7 Å². The molecule has 0 saturated carbocycles. The first-order valence-corrected chi connectivity index (χ1v) is 10.7. The molecule has 0 bridgehead atoms. The first-order valence-electron chi connectivity index (χ1n) is 9.12. The second kappa shape index (κ2) is 7.09. The number of hydrogen-bond acceptors (Lipinski definition) is 3. The van der Waals surface area contributed by atoms with Gasteiger partial charge in [-0.3, -0.25) is 4.79 Å². The molecule has 2 atom stereocenters. The van der Waals surface area contributed by atoms with Crippen molar-refractivity contribution in [1.29, 1.82) is 0 Å². The third-order valence-corrected chi connectivity index (χ3v) is 6.40. The molecular formula is C21H26N2O3S. The van der Waals surface area contributed by atoms with E-state index in [1.54, 1.807) is 12.1 Å². The van der Waals surface area contributed by atoms with Gasteiger partial charge < -0.3 is 5.32 Å². The Morgan fingerprint density at radius 1 is 1.19 bits per heavy atom. The Kier molecular flexibility index (Phi) is 5.14. The summed E-state index contributed by atoms with van der Waals surface area (Å²) in [7, 11) is -3.77. The maximum atomic E-state index is 13.0. The van der Waals surface area contributed by atoms with Crippen molar-refractivity contribution in [2.75, 3.05) is 0 Å². The fourth-order valence-electron chi connectivity index (χ4n) is 3.84. The van der Waals surface area contributed by atoms with Crippen LogP contribution >= 0.6 is 0 Å². The summed E-state index contributed by atoms with van der Waals surface area (Å²) in [5.74, 6) is -0.232. The number of rotatable bonds is 4. The highest BCUT2D eigenvalue weighted by Gasteiger charge is 2.35. The molecule has 0 spiro atoms. The number of fused-ring (bicyclic) bond motifs is 1. The summed E-state index contributed by atoms with van der Waals surface area (Å²) in [5.41, 5.74) is 3.07. The van der Waals surface area contributed by atoms with Crippen LogP contribution in [0.3, 0.4) is 0 Å². The number of nitrogens with one attached hydrogen (secondary N) is 1. The number of sulfonamides is 1. The Balaban J connectivity index is 1.82. The van der Waals surface area contributed by atoms with Gasteiger partial charge in [-0.25, -0.2) is 13.6 Å². The summed E-state index contributed by atoms with van der Waals surface area (Å²) in [6.07, 6.45) is 1.73. The Morgan fingerprint density at radius 2 is 1.89 bits per heavy atom. The number of benzene rings is 2. The Labute approximate surface area is 161 Å². The standard InChI is InChI=1S/C21H26N2O3S/c1-14(15-7-6-8-16(13-15)27(22,25)26)23-20(24)18-11-12-21(2,3)19-10-5-4-9-17(18)19/h4-10,13-14,18H,11-12H2,1-3H3,(H,23,24)(H2,22,25,26)/t14-,18+/m0/s1. The van der Waals surface area contributed by atoms with Gasteiger partial charge in [0.25, 0.3) is 0 Å². The molecule has 0 unspecified atom stereocenters. The van der Waals surface area contributed by atoms with Crippen LogP contribution in [0.5, 0.6) is 0 Å². The fraction of sp³-hybridized carbons (Fsp3) is 0.381. The maximum absolute atomic E-state index is 13.0. The molecule has 1 aliphatic rings. The highest BCUT2D eigenvalue weighted by Crippen LogP contribution is 2.42. The van der Waals surface area contributed by atoms with Crippen LogP contribution < -0.4 is 10.5 Å². The number of primary sulfonamides is 1. The molecule has 2 aromatic carbocycles. The van der Waals surface area contributed by atoms with Crippen molar-refractivity contribution < 1.29 is 13.2 Å². The first kappa shape index (κ1) is 19.6. The zero-order chi connectivity index (χ0) is 19.8. The van der Waals surface area contributed by atoms with Crippen molar-refractivity contribution in [3.05, 3.63) is 65.2 Å². The largest absolute Gasteiger partial charge is 0.349 e. The molecule has 0 aliphatic heterocycles. The van der Waals surface area contributed by atoms with E-state index in [9.17, 15) is 13.2 Å². The van der Waals surface area contributed by atoms with Crippen LogP contribution in [0.2, 0.25) is 0 Å². The SMILES string of the molecule is C[C@H](NC(=O)[C@@H]1CCC(C)(C)c2ccccc21)c1cccc(S(N)(=O)=O)c1. The molecule has 0 saturated heterocycles. The zero-order valence-corrected chi connectivity index (χ0v) is 16.7. The number of carbonyl (C=O) groups excluding carboxylic acids is 1. The van der Waals surface area contributed by atoms with Gasteiger partial charge in [0.05, 0.1) is 16.9 Å². The van der Waals surface area contributed by atoms with Gasteiger partial charge in [0, 0.05) is 0 Å². The monoisotopic (exact) mass is 386 g/mol. The van der Waals surface area contributed by atoms with E-state index in [0.717, 1.165) is 18.4 Å². The van der Waals surface area contributed by atoms with Crippen molar-refractivity contribution in [3.8, 4) is 0 Å². The first-order chi connectivity index (χ1) is 12.6. The van der Waals surface area contributed by atoms with Crippen molar-refractivity contribution in [1.82, 2.24) is 5.32 Å². The smallest absolute Gasteiger partial charge is 0.238 e. The third-order valence-electron chi connectivity index (χ3n) is 5.49. The van der Waals surface area contributed by atoms with Crippen LogP contribution in [0.15, 0.2) is 53.4 Å². The lowest BCUT2D eigenvalue weighted by Crippen LogP contribution is -2.36. The summed E-state index contributed by atoms with van der Waals surface area (Å²) in [4.78, 5) is 13.0. The van der Waals surface area contributed by atoms with E-state index >= 15 is 0 Å². The molecule has 1 aliphatic carbocycles. The zero-order valence-electron chi connectivity index (χ0n) is 15.9. The molecule has 1 amide bonds. The van der Waals surface area contributed by atoms with Crippen LogP contribution in [0.4, 0.5) is 0 Å². The van der Waals surface area contributed by atoms with E-state index in [1.807, 2.05) is 25.1 Å². The minimum atomic E-state index is -3.77. The lowest BCUT2D eigenvalue weighted by Gasteiger charge is -2.36. The number of hydrogen-bond donors (Lipinski definition) is 2. The van der Waals surface area contributed by atoms with Gasteiger partial charge >= 0.3 is 0 Å². The Hall–Kier alpha value is -2.18. The lowest BCUT2D eigenvalue weighted by molar-refractivity contribution is -0.123. The molecule has 2 aromatic rings. The van der Waals surface area contributed by atoms with Gasteiger partial charge in [-0.05, 0) is 54.0 Å². The molecule has 0 aromatic heterocycles. The normalized spacial score (nSPS) is 19.8. The van der Waals surface area contributed by atoms with Crippen LogP contribution in [-0.4, -0.2) is 14.3 Å². The summed E-state index contributed by atoms with van der Waals surface area (Å²) in [5, 5.41) is 8.25. The summed E-state index contributed by atoms with van der Waals surface area (Å²) < 4.78 is 23.1. The van der Waals surface area contributed by atoms with Crippen LogP contribution in [0, 0.1) is 0 Å². The minimum absolute atomic E-state index is 0.0357. The quantitative estimate of drug-likeness (QED) is 0.844. The van der Waals surface area contributed by atoms with E-state index < -0.39 is 10.0 Å². The molecule has 3 N–H and O–H groups in total. The fourth-order valence-corrected chi connectivity index (χ4v) is 4.41. The number of carbonyl (C=O) groups is 1. The van der Waals surface area contributed by atoms with Crippen molar-refractivity contribution in [3.63, 3.8) is 0 Å². The Bertz CT molecular complexity index is 967. The summed E-state index contributed by atoms with van der Waals surface area (Å²) in [6, 6.07) is 14.2. The van der Waals surface area contributed by atoms with Gasteiger partial charge in [0.2, 0.25) is 15.9 Å². The summed E-state index contributed by atoms with van der Waals surface area (Å²) in [6.45, 7) is 6.27. The molecule has 6 heteroatoms.